The molecule has 2 amide bonds. The number of carbonyl (C=O) groups excluding carboxylic acids is 2. The lowest BCUT2D eigenvalue weighted by Gasteiger charge is -2.29. The van der Waals surface area contributed by atoms with Crippen molar-refractivity contribution in [1.82, 2.24) is 14.8 Å². The Morgan fingerprint density at radius 1 is 1.25 bits per heavy atom. The lowest BCUT2D eigenvalue weighted by atomic mass is 10.1. The monoisotopic (exact) mass is 391 g/mol. The number of likely N-dealkylation sites (N-methyl/N-ethyl adjacent to an activating group) is 1. The van der Waals surface area contributed by atoms with E-state index in [0.717, 1.165) is 6.07 Å². The first-order chi connectivity index (χ1) is 13.3. The molecule has 2 aromatic rings. The summed E-state index contributed by atoms with van der Waals surface area (Å²) in [6.45, 7) is 3.91. The van der Waals surface area contributed by atoms with Gasteiger partial charge >= 0.3 is 0 Å². The molecule has 1 aliphatic heterocycles. The van der Waals surface area contributed by atoms with Crippen LogP contribution >= 0.6 is 0 Å². The predicted octanol–water partition coefficient (Wildman–Crippen LogP) is 1.55. The first-order valence-electron chi connectivity index (χ1n) is 8.73. The van der Waals surface area contributed by atoms with Crippen molar-refractivity contribution in [2.45, 2.75) is 26.9 Å². The van der Waals surface area contributed by atoms with Crippen molar-refractivity contribution >= 4 is 11.8 Å². The number of carbonyl (C=O) groups is 2. The Morgan fingerprint density at radius 2 is 1.96 bits per heavy atom. The van der Waals surface area contributed by atoms with Gasteiger partial charge in [0, 0.05) is 43.5 Å². The molecule has 0 saturated carbocycles. The SMILES string of the molecule is CCN1CCn2cc(C(=O)NCc3ccc(F)c(C)c3F)c(=O)c(O)c2C1=O. The molecule has 0 aliphatic carbocycles. The number of pyridine rings is 1. The number of hydrogen-bond acceptors (Lipinski definition) is 4. The highest BCUT2D eigenvalue weighted by Crippen LogP contribution is 2.20. The van der Waals surface area contributed by atoms with Gasteiger partial charge in [-0.25, -0.2) is 8.78 Å². The summed E-state index contributed by atoms with van der Waals surface area (Å²) in [6.07, 6.45) is 1.21. The van der Waals surface area contributed by atoms with Crippen LogP contribution in [0.4, 0.5) is 8.78 Å². The van der Waals surface area contributed by atoms with Crippen LogP contribution in [0.5, 0.6) is 5.75 Å². The van der Waals surface area contributed by atoms with Crippen LogP contribution in [0.3, 0.4) is 0 Å². The van der Waals surface area contributed by atoms with Gasteiger partial charge in [0.1, 0.15) is 17.2 Å². The second-order valence-electron chi connectivity index (χ2n) is 6.48. The molecular weight excluding hydrogens is 372 g/mol. The van der Waals surface area contributed by atoms with Crippen LogP contribution in [-0.2, 0) is 13.1 Å². The number of benzene rings is 1. The Kier molecular flexibility index (Phi) is 5.17. The van der Waals surface area contributed by atoms with E-state index in [9.17, 15) is 28.3 Å². The Hall–Kier alpha value is -3.23. The number of hydrogen-bond donors (Lipinski definition) is 2. The van der Waals surface area contributed by atoms with E-state index in [4.69, 9.17) is 0 Å². The third kappa shape index (κ3) is 3.23. The highest BCUT2D eigenvalue weighted by molar-refractivity contribution is 5.99. The second kappa shape index (κ2) is 7.41. The van der Waals surface area contributed by atoms with Crippen molar-refractivity contribution in [3.8, 4) is 5.75 Å². The number of halogens is 2. The fourth-order valence-electron chi connectivity index (χ4n) is 3.12. The summed E-state index contributed by atoms with van der Waals surface area (Å²) in [6, 6.07) is 2.29. The standard InChI is InChI=1S/C19H19F2N3O4/c1-3-23-6-7-24-9-12(16(25)17(26)15(24)19(23)28)18(27)22-8-11-4-5-13(20)10(2)14(11)21/h4-5,9,26H,3,6-8H2,1-2H3,(H,22,27). The van der Waals surface area contributed by atoms with Gasteiger partial charge in [0.2, 0.25) is 5.43 Å². The number of rotatable bonds is 4. The quantitative estimate of drug-likeness (QED) is 0.827. The van der Waals surface area contributed by atoms with E-state index in [0.29, 0.717) is 19.6 Å². The van der Waals surface area contributed by atoms with E-state index in [1.54, 1.807) is 6.92 Å². The van der Waals surface area contributed by atoms with Crippen molar-refractivity contribution in [2.75, 3.05) is 13.1 Å². The predicted molar refractivity (Wildman–Crippen MR) is 96.2 cm³/mol. The van der Waals surface area contributed by atoms with Crippen molar-refractivity contribution in [2.24, 2.45) is 0 Å². The highest BCUT2D eigenvalue weighted by Gasteiger charge is 2.30. The molecule has 0 saturated heterocycles. The fourth-order valence-corrected chi connectivity index (χ4v) is 3.12. The van der Waals surface area contributed by atoms with Gasteiger partial charge in [-0.05, 0) is 19.9 Å². The lowest BCUT2D eigenvalue weighted by molar-refractivity contribution is 0.0705. The first-order valence-corrected chi connectivity index (χ1v) is 8.73. The minimum Gasteiger partial charge on any atom is -0.503 e. The molecule has 0 fully saturated rings. The van der Waals surface area contributed by atoms with Crippen LogP contribution in [0.25, 0.3) is 0 Å². The van der Waals surface area contributed by atoms with Crippen molar-refractivity contribution in [3.63, 3.8) is 0 Å². The topological polar surface area (TPSA) is 91.6 Å². The average Bonchev–Trinajstić information content (AvgIpc) is 2.68. The largest absolute Gasteiger partial charge is 0.503 e. The maximum atomic E-state index is 14.1. The van der Waals surface area contributed by atoms with E-state index in [2.05, 4.69) is 5.32 Å². The molecule has 9 heteroatoms. The van der Waals surface area contributed by atoms with Crippen molar-refractivity contribution in [3.05, 3.63) is 62.6 Å². The zero-order chi connectivity index (χ0) is 20.6. The van der Waals surface area contributed by atoms with E-state index < -0.39 is 34.6 Å². The van der Waals surface area contributed by atoms with Crippen molar-refractivity contribution < 1.29 is 23.5 Å². The molecule has 0 atom stereocenters. The van der Waals surface area contributed by atoms with Gasteiger partial charge in [0.15, 0.2) is 11.4 Å². The Bertz CT molecular complexity index is 1030. The van der Waals surface area contributed by atoms with Gasteiger partial charge in [0.05, 0.1) is 0 Å². The molecule has 0 spiro atoms. The van der Waals surface area contributed by atoms with Crippen LogP contribution in [0.1, 0.15) is 38.9 Å². The van der Waals surface area contributed by atoms with Gasteiger partial charge in [-0.1, -0.05) is 6.07 Å². The van der Waals surface area contributed by atoms with Gasteiger partial charge in [-0.15, -0.1) is 0 Å². The van der Waals surface area contributed by atoms with Gasteiger partial charge in [-0.3, -0.25) is 14.4 Å². The minimum absolute atomic E-state index is 0.0586. The number of nitrogens with zero attached hydrogens (tertiary/aromatic N) is 2. The summed E-state index contributed by atoms with van der Waals surface area (Å²) in [4.78, 5) is 38.6. The molecule has 0 bridgehead atoms. The third-order valence-electron chi connectivity index (χ3n) is 4.82. The second-order valence-corrected chi connectivity index (χ2v) is 6.48. The smallest absolute Gasteiger partial charge is 0.274 e. The van der Waals surface area contributed by atoms with E-state index in [-0.39, 0.29) is 28.9 Å². The minimum atomic E-state index is -0.981. The Labute approximate surface area is 159 Å². The lowest BCUT2D eigenvalue weighted by Crippen LogP contribution is -2.42. The number of amides is 2. The Balaban J connectivity index is 1.88. The molecule has 1 aliphatic rings. The number of aromatic nitrogens is 1. The van der Waals surface area contributed by atoms with E-state index in [1.165, 1.54) is 28.7 Å². The van der Waals surface area contributed by atoms with Crippen LogP contribution in [0.15, 0.2) is 23.1 Å². The molecule has 0 unspecified atom stereocenters. The van der Waals surface area contributed by atoms with Crippen molar-refractivity contribution in [1.29, 1.82) is 0 Å². The molecule has 2 N–H and O–H groups in total. The van der Waals surface area contributed by atoms with Gasteiger partial charge < -0.3 is 19.9 Å². The molecule has 7 nitrogen and oxygen atoms in total. The zero-order valence-electron chi connectivity index (χ0n) is 15.4. The summed E-state index contributed by atoms with van der Waals surface area (Å²) in [5.41, 5.74) is -1.61. The van der Waals surface area contributed by atoms with E-state index in [1.807, 2.05) is 0 Å². The number of aromatic hydroxyl groups is 1. The third-order valence-corrected chi connectivity index (χ3v) is 4.82. The molecule has 148 valence electrons. The van der Waals surface area contributed by atoms with Crippen LogP contribution < -0.4 is 10.7 Å². The molecule has 1 aromatic heterocycles. The fraction of sp³-hybridized carbons (Fsp3) is 0.316. The molecule has 28 heavy (non-hydrogen) atoms. The molecule has 0 radical (unpaired) electrons. The first kappa shape index (κ1) is 19.5. The highest BCUT2D eigenvalue weighted by atomic mass is 19.1. The molecular formula is C19H19F2N3O4. The molecule has 3 rings (SSSR count). The summed E-state index contributed by atoms with van der Waals surface area (Å²) in [5.74, 6) is -3.59. The normalized spacial score (nSPS) is 13.4. The summed E-state index contributed by atoms with van der Waals surface area (Å²) < 4.78 is 28.8. The summed E-state index contributed by atoms with van der Waals surface area (Å²) in [5, 5.41) is 12.6. The van der Waals surface area contributed by atoms with Crippen LogP contribution in [0.2, 0.25) is 0 Å². The Morgan fingerprint density at radius 3 is 2.64 bits per heavy atom. The number of nitrogens with one attached hydrogen (secondary N) is 1. The summed E-state index contributed by atoms with van der Waals surface area (Å²) >= 11 is 0. The maximum absolute atomic E-state index is 14.1. The molecule has 1 aromatic carbocycles. The summed E-state index contributed by atoms with van der Waals surface area (Å²) in [7, 11) is 0. The van der Waals surface area contributed by atoms with Gasteiger partial charge in [-0.2, -0.15) is 0 Å². The number of fused-ring (bicyclic) bond motifs is 1. The van der Waals surface area contributed by atoms with Gasteiger partial charge in [0.25, 0.3) is 11.8 Å². The van der Waals surface area contributed by atoms with E-state index >= 15 is 0 Å². The molecule has 2 heterocycles. The van der Waals surface area contributed by atoms with Crippen LogP contribution in [-0.4, -0.2) is 39.5 Å². The maximum Gasteiger partial charge on any atom is 0.274 e. The average molecular weight is 391 g/mol. The zero-order valence-corrected chi connectivity index (χ0v) is 15.4. The van der Waals surface area contributed by atoms with Crippen LogP contribution in [0, 0.1) is 18.6 Å².